The molecule has 7 atom stereocenters. The molecule has 4 N–H and O–H groups in total. The maximum atomic E-state index is 13.3. The maximum absolute atomic E-state index is 13.3. The highest BCUT2D eigenvalue weighted by atomic mass is 16.6. The molecule has 2 aliphatic rings. The second-order valence-electron chi connectivity index (χ2n) is 11.6. The van der Waals surface area contributed by atoms with Gasteiger partial charge in [0.05, 0.1) is 42.3 Å². The Morgan fingerprint density at radius 2 is 1.89 bits per heavy atom. The number of carbonyl (C=O) groups excluding carboxylic acids is 2. The first-order chi connectivity index (χ1) is 17.4. The lowest BCUT2D eigenvalue weighted by molar-refractivity contribution is -0.156. The number of nitrogens with zero attached hydrogens (tertiary/aromatic N) is 1. The van der Waals surface area contributed by atoms with E-state index in [-0.39, 0.29) is 36.4 Å². The van der Waals surface area contributed by atoms with Crippen molar-refractivity contribution in [3.05, 3.63) is 29.7 Å². The molecule has 2 aliphatic heterocycles. The van der Waals surface area contributed by atoms with Crippen molar-refractivity contribution in [3.63, 3.8) is 0 Å². The third-order valence-corrected chi connectivity index (χ3v) is 8.41. The average Bonchev–Trinajstić information content (AvgIpc) is 3.29. The Morgan fingerprint density at radius 3 is 2.59 bits per heavy atom. The molecule has 1 aromatic heterocycles. The van der Waals surface area contributed by atoms with Crippen LogP contribution in [0, 0.1) is 17.3 Å². The molecule has 9 heteroatoms. The van der Waals surface area contributed by atoms with Crippen LogP contribution in [-0.4, -0.2) is 50.9 Å². The Morgan fingerprint density at radius 1 is 1.16 bits per heavy atom. The van der Waals surface area contributed by atoms with Gasteiger partial charge in [0.1, 0.15) is 17.4 Å². The number of rotatable bonds is 2. The highest BCUT2D eigenvalue weighted by Crippen LogP contribution is 2.46. The molecule has 0 saturated carbocycles. The van der Waals surface area contributed by atoms with Gasteiger partial charge in [-0.25, -0.2) is 4.98 Å². The molecule has 0 amide bonds. The fourth-order valence-corrected chi connectivity index (χ4v) is 5.50. The minimum atomic E-state index is -1.27. The number of oxazole rings is 1. The molecule has 0 radical (unpaired) electrons. The van der Waals surface area contributed by atoms with Crippen molar-refractivity contribution in [1.29, 1.82) is 0 Å². The zero-order chi connectivity index (χ0) is 27.1. The summed E-state index contributed by atoms with van der Waals surface area (Å²) in [5.74, 6) is -1.24. The molecule has 1 aromatic carbocycles. The van der Waals surface area contributed by atoms with Gasteiger partial charge in [0.25, 0.3) is 0 Å². The second-order valence-corrected chi connectivity index (χ2v) is 11.6. The SMILES string of the molecule is C[C@H]1CCC[C@@]2(C)O[C@H]2C[C@@H](c2ccc3oc(CN)nc3c2)OC(=O)C[C@H](O)C(C)(C)C(=O)[C@H](C)[C@H]1O. The van der Waals surface area contributed by atoms with Gasteiger partial charge in [0.15, 0.2) is 5.58 Å². The van der Waals surface area contributed by atoms with Crippen LogP contribution in [0.25, 0.3) is 11.1 Å². The van der Waals surface area contributed by atoms with E-state index in [0.29, 0.717) is 23.4 Å². The number of aromatic nitrogens is 1. The predicted molar refractivity (Wildman–Crippen MR) is 136 cm³/mol. The van der Waals surface area contributed by atoms with Crippen molar-refractivity contribution in [1.82, 2.24) is 4.98 Å². The summed E-state index contributed by atoms with van der Waals surface area (Å²) in [4.78, 5) is 30.7. The van der Waals surface area contributed by atoms with E-state index in [0.717, 1.165) is 24.8 Å². The fraction of sp³-hybridized carbons (Fsp3) is 0.679. The zero-order valence-electron chi connectivity index (χ0n) is 22.4. The van der Waals surface area contributed by atoms with Crippen LogP contribution in [0.4, 0.5) is 0 Å². The van der Waals surface area contributed by atoms with Gasteiger partial charge in [-0.1, -0.05) is 40.2 Å². The standard InChI is InChI=1S/C28H40N2O7/c1-15-7-6-10-28(5)22(37-28)12-20(17-8-9-19-18(11-17)30-23(14-29)35-19)36-24(32)13-21(31)27(3,4)26(34)16(2)25(15)33/h8-9,11,15-16,20-22,25,31,33H,6-7,10,12-14,29H2,1-5H3/t15-,16+,20-,21-,22-,25-,28+/m0/s1. The maximum Gasteiger partial charge on any atom is 0.309 e. The van der Waals surface area contributed by atoms with Gasteiger partial charge in [-0.15, -0.1) is 0 Å². The quantitative estimate of drug-likeness (QED) is 0.402. The number of aliphatic hydroxyl groups excluding tert-OH is 2. The zero-order valence-corrected chi connectivity index (χ0v) is 22.4. The number of cyclic esters (lactones) is 1. The minimum Gasteiger partial charge on any atom is -0.457 e. The van der Waals surface area contributed by atoms with Gasteiger partial charge >= 0.3 is 5.97 Å². The van der Waals surface area contributed by atoms with Gasteiger partial charge in [-0.3, -0.25) is 9.59 Å². The average molecular weight is 517 g/mol. The van der Waals surface area contributed by atoms with Crippen LogP contribution in [0.5, 0.6) is 0 Å². The fourth-order valence-electron chi connectivity index (χ4n) is 5.50. The van der Waals surface area contributed by atoms with Crippen LogP contribution in [0.2, 0.25) is 0 Å². The van der Waals surface area contributed by atoms with Crippen molar-refractivity contribution < 1.29 is 33.7 Å². The molecule has 37 heavy (non-hydrogen) atoms. The Balaban J connectivity index is 1.62. The predicted octanol–water partition coefficient (Wildman–Crippen LogP) is 3.58. The number of epoxide rings is 1. The topological polar surface area (TPSA) is 148 Å². The van der Waals surface area contributed by atoms with Gasteiger partial charge in [-0.05, 0) is 43.4 Å². The summed E-state index contributed by atoms with van der Waals surface area (Å²) in [5, 5.41) is 21.8. The number of fused-ring (bicyclic) bond motifs is 2. The Kier molecular flexibility index (Phi) is 7.82. The number of Topliss-reactive ketones (excluding diaryl/α,β-unsaturated/α-hetero) is 1. The van der Waals surface area contributed by atoms with E-state index in [1.54, 1.807) is 26.8 Å². The van der Waals surface area contributed by atoms with Gasteiger partial charge in [0.2, 0.25) is 5.89 Å². The number of hydrogen-bond acceptors (Lipinski definition) is 9. The lowest BCUT2D eigenvalue weighted by Gasteiger charge is -2.34. The number of nitrogens with two attached hydrogens (primary N) is 1. The number of esters is 1. The molecule has 204 valence electrons. The van der Waals surface area contributed by atoms with E-state index in [1.165, 1.54) is 0 Å². The molecule has 0 bridgehead atoms. The van der Waals surface area contributed by atoms with Gasteiger partial charge in [0, 0.05) is 12.3 Å². The highest BCUT2D eigenvalue weighted by molar-refractivity contribution is 5.88. The van der Waals surface area contributed by atoms with E-state index in [9.17, 15) is 19.8 Å². The molecule has 0 unspecified atom stereocenters. The first-order valence-corrected chi connectivity index (χ1v) is 13.2. The van der Waals surface area contributed by atoms with E-state index >= 15 is 0 Å². The molecular weight excluding hydrogens is 476 g/mol. The van der Waals surface area contributed by atoms with Crippen LogP contribution in [0.3, 0.4) is 0 Å². The molecule has 2 saturated heterocycles. The summed E-state index contributed by atoms with van der Waals surface area (Å²) >= 11 is 0. The van der Waals surface area contributed by atoms with Crippen molar-refractivity contribution in [2.24, 2.45) is 23.0 Å². The monoisotopic (exact) mass is 516 g/mol. The third kappa shape index (κ3) is 5.74. The lowest BCUT2D eigenvalue weighted by Crippen LogP contribution is -2.45. The van der Waals surface area contributed by atoms with Crippen molar-refractivity contribution in [2.75, 3.05) is 0 Å². The first kappa shape index (κ1) is 27.7. The number of hydrogen-bond donors (Lipinski definition) is 3. The summed E-state index contributed by atoms with van der Waals surface area (Å²) in [6.45, 7) is 9.08. The van der Waals surface area contributed by atoms with Crippen molar-refractivity contribution >= 4 is 22.9 Å². The summed E-state index contributed by atoms with van der Waals surface area (Å²) in [6, 6.07) is 5.43. The Bertz CT molecular complexity index is 1140. The van der Waals surface area contributed by atoms with Crippen LogP contribution < -0.4 is 5.73 Å². The smallest absolute Gasteiger partial charge is 0.309 e. The van der Waals surface area contributed by atoms with Crippen LogP contribution in [0.15, 0.2) is 22.6 Å². The van der Waals surface area contributed by atoms with Gasteiger partial charge < -0.3 is 29.8 Å². The molecule has 0 spiro atoms. The van der Waals surface area contributed by atoms with E-state index in [2.05, 4.69) is 4.98 Å². The molecule has 4 rings (SSSR count). The van der Waals surface area contributed by atoms with Gasteiger partial charge in [-0.2, -0.15) is 0 Å². The van der Waals surface area contributed by atoms with Crippen LogP contribution in [0.1, 0.15) is 84.3 Å². The molecule has 3 heterocycles. The number of benzene rings is 1. The molecule has 9 nitrogen and oxygen atoms in total. The summed E-state index contributed by atoms with van der Waals surface area (Å²) in [7, 11) is 0. The molecule has 2 aromatic rings. The number of aliphatic hydroxyl groups is 2. The third-order valence-electron chi connectivity index (χ3n) is 8.41. The normalized spacial score (nSPS) is 35.7. The van der Waals surface area contributed by atoms with Crippen molar-refractivity contribution in [3.8, 4) is 0 Å². The van der Waals surface area contributed by atoms with E-state index in [4.69, 9.17) is 19.6 Å². The summed E-state index contributed by atoms with van der Waals surface area (Å²) < 4.78 is 17.6. The summed E-state index contributed by atoms with van der Waals surface area (Å²) in [5.41, 5.74) is 6.03. The van der Waals surface area contributed by atoms with E-state index in [1.807, 2.05) is 26.0 Å². The largest absolute Gasteiger partial charge is 0.457 e. The highest BCUT2D eigenvalue weighted by Gasteiger charge is 2.53. The molecule has 0 aliphatic carbocycles. The number of carbonyl (C=O) groups is 2. The Hall–Kier alpha value is -2.33. The second kappa shape index (κ2) is 10.4. The minimum absolute atomic E-state index is 0.0917. The Labute approximate surface area is 217 Å². The molecular formula is C28H40N2O7. The molecule has 2 fully saturated rings. The number of ketones is 1. The van der Waals surface area contributed by atoms with Crippen LogP contribution >= 0.6 is 0 Å². The van der Waals surface area contributed by atoms with Crippen LogP contribution in [-0.2, 0) is 25.6 Å². The first-order valence-electron chi connectivity index (χ1n) is 13.2. The summed E-state index contributed by atoms with van der Waals surface area (Å²) in [6.07, 6.45) is -0.356. The number of ether oxygens (including phenoxy) is 2. The van der Waals surface area contributed by atoms with E-state index < -0.39 is 35.6 Å². The lowest BCUT2D eigenvalue weighted by atomic mass is 9.73. The van der Waals surface area contributed by atoms with Crippen molar-refractivity contribution in [2.45, 2.75) is 103 Å².